The Labute approximate surface area is 138 Å². The molecule has 0 bridgehead atoms. The minimum Gasteiger partial charge on any atom is -0.341 e. The van der Waals surface area contributed by atoms with Crippen LogP contribution in [0.3, 0.4) is 0 Å². The second kappa shape index (κ2) is 7.10. The zero-order valence-corrected chi connectivity index (χ0v) is 13.5. The maximum atomic E-state index is 11.6. The van der Waals surface area contributed by atoms with Gasteiger partial charge in [-0.05, 0) is 55.6 Å². The Morgan fingerprint density at radius 3 is 2.83 bits per heavy atom. The minimum atomic E-state index is -0.372. The number of nitrogens with one attached hydrogen (secondary N) is 1. The fraction of sp³-hybridized carbons (Fsp3) is 0.467. The van der Waals surface area contributed by atoms with E-state index in [0.29, 0.717) is 22.5 Å². The summed E-state index contributed by atoms with van der Waals surface area (Å²) in [5.41, 5.74) is 6.25. The molecule has 0 aromatic carbocycles. The van der Waals surface area contributed by atoms with Crippen LogP contribution in [0.2, 0.25) is 0 Å². The second-order valence-electron chi connectivity index (χ2n) is 5.64. The molecule has 0 radical (unpaired) electrons. The molecule has 3 heterocycles. The molecule has 1 aromatic heterocycles. The Bertz CT molecular complexity index is 641. The van der Waals surface area contributed by atoms with Gasteiger partial charge in [-0.25, -0.2) is 9.97 Å². The predicted molar refractivity (Wildman–Crippen MR) is 89.7 cm³/mol. The van der Waals surface area contributed by atoms with Gasteiger partial charge in [0, 0.05) is 19.3 Å². The number of rotatable bonds is 4. The van der Waals surface area contributed by atoms with Crippen molar-refractivity contribution < 1.29 is 9.59 Å². The average Bonchev–Trinajstić information content (AvgIpc) is 2.86. The van der Waals surface area contributed by atoms with Crippen molar-refractivity contribution in [3.8, 4) is 0 Å². The van der Waals surface area contributed by atoms with E-state index in [1.807, 2.05) is 0 Å². The van der Waals surface area contributed by atoms with Gasteiger partial charge in [0.15, 0.2) is 0 Å². The Morgan fingerprint density at radius 2 is 2.17 bits per heavy atom. The van der Waals surface area contributed by atoms with E-state index >= 15 is 0 Å². The zero-order valence-electron chi connectivity index (χ0n) is 12.7. The van der Waals surface area contributed by atoms with Crippen molar-refractivity contribution in [1.82, 2.24) is 15.3 Å². The number of anilines is 1. The van der Waals surface area contributed by atoms with Gasteiger partial charge in [-0.3, -0.25) is 14.9 Å². The van der Waals surface area contributed by atoms with E-state index in [1.54, 1.807) is 18.3 Å². The Kier molecular flexibility index (Phi) is 4.92. The molecule has 0 saturated carbocycles. The smallest absolute Gasteiger partial charge is 0.290 e. The first kappa shape index (κ1) is 15.9. The van der Waals surface area contributed by atoms with Crippen LogP contribution in [0.5, 0.6) is 0 Å². The van der Waals surface area contributed by atoms with Gasteiger partial charge < -0.3 is 10.6 Å². The molecular weight excluding hydrogens is 314 g/mol. The van der Waals surface area contributed by atoms with Crippen LogP contribution in [-0.4, -0.2) is 40.7 Å². The van der Waals surface area contributed by atoms with Crippen molar-refractivity contribution in [1.29, 1.82) is 0 Å². The summed E-state index contributed by atoms with van der Waals surface area (Å²) >= 11 is 0.891. The third-order valence-corrected chi connectivity index (χ3v) is 4.87. The summed E-state index contributed by atoms with van der Waals surface area (Å²) in [5.74, 6) is 0.981. The van der Waals surface area contributed by atoms with Crippen LogP contribution < -0.4 is 16.0 Å². The maximum absolute atomic E-state index is 11.6. The number of carbonyl (C=O) groups is 2. The highest BCUT2D eigenvalue weighted by molar-refractivity contribution is 8.18. The number of imide groups is 1. The van der Waals surface area contributed by atoms with Gasteiger partial charge in [0.25, 0.3) is 11.1 Å². The van der Waals surface area contributed by atoms with Crippen molar-refractivity contribution in [3.63, 3.8) is 0 Å². The molecule has 2 aliphatic heterocycles. The van der Waals surface area contributed by atoms with Crippen LogP contribution >= 0.6 is 11.8 Å². The molecule has 2 amide bonds. The van der Waals surface area contributed by atoms with E-state index in [2.05, 4.69) is 20.2 Å². The van der Waals surface area contributed by atoms with Crippen LogP contribution in [0.25, 0.3) is 6.08 Å². The summed E-state index contributed by atoms with van der Waals surface area (Å²) in [7, 11) is 0. The minimum absolute atomic E-state index is 0.350. The summed E-state index contributed by atoms with van der Waals surface area (Å²) in [6, 6.07) is 1.73. The molecule has 2 aliphatic rings. The predicted octanol–water partition coefficient (Wildman–Crippen LogP) is 1.37. The normalized spacial score (nSPS) is 21.1. The number of piperidine rings is 1. The number of carbonyl (C=O) groups excluding carboxylic acids is 2. The van der Waals surface area contributed by atoms with Gasteiger partial charge in [-0.1, -0.05) is 0 Å². The lowest BCUT2D eigenvalue weighted by molar-refractivity contribution is -0.115. The fourth-order valence-electron chi connectivity index (χ4n) is 2.81. The number of nitrogens with zero attached hydrogens (tertiary/aromatic N) is 3. The summed E-state index contributed by atoms with van der Waals surface area (Å²) in [5, 5.41) is 1.89. The molecule has 3 N–H and O–H groups in total. The molecule has 1 aromatic rings. The molecule has 8 heteroatoms. The number of thioether (sulfide) groups is 1. The number of aromatic nitrogens is 2. The van der Waals surface area contributed by atoms with Crippen LogP contribution in [-0.2, 0) is 4.79 Å². The highest BCUT2D eigenvalue weighted by atomic mass is 32.2. The topological polar surface area (TPSA) is 101 Å². The summed E-state index contributed by atoms with van der Waals surface area (Å²) in [4.78, 5) is 34.1. The summed E-state index contributed by atoms with van der Waals surface area (Å²) in [6.07, 6.45) is 6.57. The van der Waals surface area contributed by atoms with Gasteiger partial charge in [0.05, 0.1) is 10.6 Å². The Morgan fingerprint density at radius 1 is 1.39 bits per heavy atom. The van der Waals surface area contributed by atoms with E-state index in [9.17, 15) is 9.59 Å². The number of hydrogen-bond acceptors (Lipinski definition) is 7. The van der Waals surface area contributed by atoms with Crippen LogP contribution in [0.15, 0.2) is 17.2 Å². The molecule has 2 saturated heterocycles. The number of hydrogen-bond donors (Lipinski definition) is 2. The fourth-order valence-corrected chi connectivity index (χ4v) is 3.47. The van der Waals surface area contributed by atoms with Crippen LogP contribution in [0.1, 0.15) is 25.0 Å². The first-order chi connectivity index (χ1) is 11.2. The lowest BCUT2D eigenvalue weighted by atomic mass is 9.94. The first-order valence-corrected chi connectivity index (χ1v) is 8.50. The van der Waals surface area contributed by atoms with E-state index in [1.165, 1.54) is 0 Å². The molecule has 23 heavy (non-hydrogen) atoms. The summed E-state index contributed by atoms with van der Waals surface area (Å²) < 4.78 is 0. The Balaban J connectivity index is 1.70. The van der Waals surface area contributed by atoms with E-state index in [4.69, 9.17) is 5.73 Å². The lowest BCUT2D eigenvalue weighted by Gasteiger charge is -2.31. The zero-order chi connectivity index (χ0) is 16.2. The van der Waals surface area contributed by atoms with Gasteiger partial charge in [0.2, 0.25) is 5.95 Å². The number of nitrogens with two attached hydrogens (primary N) is 1. The molecule has 122 valence electrons. The first-order valence-electron chi connectivity index (χ1n) is 7.68. The van der Waals surface area contributed by atoms with Crippen LogP contribution in [0.4, 0.5) is 10.7 Å². The molecule has 7 nitrogen and oxygen atoms in total. The molecule has 3 rings (SSSR count). The van der Waals surface area contributed by atoms with Gasteiger partial charge >= 0.3 is 0 Å². The lowest BCUT2D eigenvalue weighted by Crippen LogP contribution is -2.35. The number of amides is 2. The van der Waals surface area contributed by atoms with Crippen molar-refractivity contribution in [2.75, 3.05) is 24.5 Å². The van der Waals surface area contributed by atoms with Crippen molar-refractivity contribution in [2.45, 2.75) is 19.3 Å². The third-order valence-electron chi connectivity index (χ3n) is 4.06. The SMILES string of the molecule is NCCC1CCN(c2nccc(/C=C3\SC(=O)NC3=O)n2)CC1. The monoisotopic (exact) mass is 333 g/mol. The van der Waals surface area contributed by atoms with E-state index < -0.39 is 0 Å². The van der Waals surface area contributed by atoms with Gasteiger partial charge in [0.1, 0.15) is 0 Å². The highest BCUT2D eigenvalue weighted by Crippen LogP contribution is 2.26. The molecule has 0 atom stereocenters. The standard InChI is InChI=1S/C15H19N5O2S/c16-5-1-10-3-7-20(8-4-10)14-17-6-2-11(18-14)9-12-13(21)19-15(22)23-12/h2,6,9-10H,1,3-5,7-8,16H2,(H,19,21,22)/b12-9-. The third kappa shape index (κ3) is 3.89. The molecule has 0 spiro atoms. The van der Waals surface area contributed by atoms with Crippen molar-refractivity contribution in [3.05, 3.63) is 22.9 Å². The van der Waals surface area contributed by atoms with Gasteiger partial charge in [-0.15, -0.1) is 0 Å². The van der Waals surface area contributed by atoms with Crippen molar-refractivity contribution in [2.24, 2.45) is 11.7 Å². The summed E-state index contributed by atoms with van der Waals surface area (Å²) in [6.45, 7) is 2.57. The largest absolute Gasteiger partial charge is 0.341 e. The maximum Gasteiger partial charge on any atom is 0.290 e. The molecular formula is C15H19N5O2S. The Hall–Kier alpha value is -1.93. The van der Waals surface area contributed by atoms with Gasteiger partial charge in [-0.2, -0.15) is 0 Å². The molecule has 0 aliphatic carbocycles. The van der Waals surface area contributed by atoms with E-state index in [0.717, 1.165) is 50.7 Å². The molecule has 2 fully saturated rings. The quantitative estimate of drug-likeness (QED) is 0.802. The average molecular weight is 333 g/mol. The second-order valence-corrected chi connectivity index (χ2v) is 6.66. The van der Waals surface area contributed by atoms with Crippen molar-refractivity contribution >= 4 is 34.9 Å². The van der Waals surface area contributed by atoms with Crippen LogP contribution in [0, 0.1) is 5.92 Å². The molecule has 0 unspecified atom stereocenters. The van der Waals surface area contributed by atoms with E-state index in [-0.39, 0.29) is 11.1 Å². The highest BCUT2D eigenvalue weighted by Gasteiger charge is 2.25.